The highest BCUT2D eigenvalue weighted by Crippen LogP contribution is 2.41. The maximum absolute atomic E-state index is 13.8. The molecule has 0 bridgehead atoms. The first-order valence-electron chi connectivity index (χ1n) is 10.1. The Bertz CT molecular complexity index is 1170. The molecule has 0 radical (unpaired) electrons. The van der Waals surface area contributed by atoms with Crippen molar-refractivity contribution >= 4 is 35.1 Å². The molecule has 7 nitrogen and oxygen atoms in total. The van der Waals surface area contributed by atoms with Crippen LogP contribution in [0.25, 0.3) is 10.9 Å². The third kappa shape index (κ3) is 3.93. The Morgan fingerprint density at radius 1 is 1.16 bits per heavy atom. The van der Waals surface area contributed by atoms with Crippen LogP contribution in [-0.4, -0.2) is 46.7 Å². The zero-order valence-corrected chi connectivity index (χ0v) is 17.6. The number of nitrogens with zero attached hydrogens (tertiary/aromatic N) is 3. The fraction of sp³-hybridized carbons (Fsp3) is 0.364. The molecule has 0 amide bonds. The molecule has 2 fully saturated rings. The molecule has 1 N–H and O–H groups in total. The van der Waals surface area contributed by atoms with Crippen LogP contribution in [-0.2, 0) is 6.54 Å². The summed E-state index contributed by atoms with van der Waals surface area (Å²) in [4.78, 5) is 29.4. The lowest BCUT2D eigenvalue weighted by atomic mass is 10.1. The van der Waals surface area contributed by atoms with Gasteiger partial charge in [-0.15, -0.1) is 12.4 Å². The van der Waals surface area contributed by atoms with E-state index < -0.39 is 17.2 Å². The highest BCUT2D eigenvalue weighted by molar-refractivity contribution is 5.98. The molecule has 0 spiro atoms. The van der Waals surface area contributed by atoms with E-state index in [0.29, 0.717) is 31.0 Å². The average molecular weight is 448 g/mol. The Kier molecular flexibility index (Phi) is 5.77. The standard InChI is InChI=1S/C22H22FN3O4.ClH/c23-14-3-6-18-17(12-14)20(27)19(22(28)29)21(26(18)15-4-5-15)25-9-7-24(8-10-25)13-16-2-1-11-30-16;/h1-3,6,11-12,15H,4-5,7-10,13H2,(H,28,29);1H. The normalized spacial score (nSPS) is 17.0. The number of carbonyl (C=O) groups is 1. The van der Waals surface area contributed by atoms with E-state index in [1.807, 2.05) is 21.6 Å². The summed E-state index contributed by atoms with van der Waals surface area (Å²) in [7, 11) is 0. The van der Waals surface area contributed by atoms with Gasteiger partial charge in [0.25, 0.3) is 0 Å². The van der Waals surface area contributed by atoms with Gasteiger partial charge in [0.05, 0.1) is 18.3 Å². The highest BCUT2D eigenvalue weighted by atomic mass is 35.5. The van der Waals surface area contributed by atoms with Crippen LogP contribution in [0.3, 0.4) is 0 Å². The molecule has 0 unspecified atom stereocenters. The number of hydrogen-bond acceptors (Lipinski definition) is 5. The summed E-state index contributed by atoms with van der Waals surface area (Å²) in [6.07, 6.45) is 3.48. The molecular weight excluding hydrogens is 425 g/mol. The lowest BCUT2D eigenvalue weighted by Gasteiger charge is -2.37. The van der Waals surface area contributed by atoms with Gasteiger partial charge in [-0.25, -0.2) is 9.18 Å². The number of rotatable bonds is 5. The minimum atomic E-state index is -1.27. The van der Waals surface area contributed by atoms with Gasteiger partial charge in [0.1, 0.15) is 23.0 Å². The van der Waals surface area contributed by atoms with Crippen LogP contribution in [0.15, 0.2) is 45.8 Å². The maximum atomic E-state index is 13.8. The van der Waals surface area contributed by atoms with Gasteiger partial charge in [-0.05, 0) is 43.2 Å². The summed E-state index contributed by atoms with van der Waals surface area (Å²) < 4.78 is 21.2. The summed E-state index contributed by atoms with van der Waals surface area (Å²) in [6, 6.07) is 7.99. The molecule has 1 aromatic carbocycles. The van der Waals surface area contributed by atoms with E-state index in [4.69, 9.17) is 4.42 Å². The quantitative estimate of drug-likeness (QED) is 0.644. The van der Waals surface area contributed by atoms with Crippen LogP contribution in [0.1, 0.15) is 35.0 Å². The van der Waals surface area contributed by atoms with Gasteiger partial charge in [-0.3, -0.25) is 9.69 Å². The molecule has 1 saturated carbocycles. The average Bonchev–Trinajstić information content (AvgIpc) is 3.44. The SMILES string of the molecule is Cl.O=C(O)c1c(N2CCN(Cc3ccco3)CC2)n(C2CC2)c2ccc(F)cc2c1=O. The number of benzene rings is 1. The van der Waals surface area contributed by atoms with Crippen molar-refractivity contribution in [3.8, 4) is 0 Å². The molecule has 3 aromatic rings. The van der Waals surface area contributed by atoms with E-state index in [2.05, 4.69) is 4.90 Å². The number of piperazine rings is 1. The molecule has 1 aliphatic carbocycles. The molecular formula is C22H23ClFN3O4. The predicted molar refractivity (Wildman–Crippen MR) is 117 cm³/mol. The number of aromatic nitrogens is 1. The van der Waals surface area contributed by atoms with Crippen LogP contribution in [0, 0.1) is 5.82 Å². The van der Waals surface area contributed by atoms with Crippen LogP contribution >= 0.6 is 12.4 Å². The van der Waals surface area contributed by atoms with Gasteiger partial charge >= 0.3 is 5.97 Å². The van der Waals surface area contributed by atoms with E-state index in [1.165, 1.54) is 6.07 Å². The summed E-state index contributed by atoms with van der Waals surface area (Å²) in [5, 5.41) is 10.0. The number of carboxylic acid groups (broad SMARTS) is 1. The van der Waals surface area contributed by atoms with E-state index in [9.17, 15) is 19.1 Å². The third-order valence-corrected chi connectivity index (χ3v) is 5.90. The lowest BCUT2D eigenvalue weighted by Crippen LogP contribution is -2.48. The minimum Gasteiger partial charge on any atom is -0.477 e. The lowest BCUT2D eigenvalue weighted by molar-refractivity contribution is 0.0695. The van der Waals surface area contributed by atoms with Gasteiger partial charge in [0, 0.05) is 37.6 Å². The summed E-state index contributed by atoms with van der Waals surface area (Å²) in [5.74, 6) is -0.477. The summed E-state index contributed by atoms with van der Waals surface area (Å²) in [6.45, 7) is 3.33. The third-order valence-electron chi connectivity index (χ3n) is 5.90. The molecule has 2 aromatic heterocycles. The first kappa shape index (κ1) is 21.4. The maximum Gasteiger partial charge on any atom is 0.343 e. The Morgan fingerprint density at radius 3 is 2.52 bits per heavy atom. The van der Waals surface area contributed by atoms with Crippen LogP contribution in [0.5, 0.6) is 0 Å². The van der Waals surface area contributed by atoms with Crippen LogP contribution in [0.4, 0.5) is 10.2 Å². The van der Waals surface area contributed by atoms with Crippen molar-refractivity contribution < 1.29 is 18.7 Å². The van der Waals surface area contributed by atoms with E-state index >= 15 is 0 Å². The molecule has 0 atom stereocenters. The molecule has 1 aliphatic heterocycles. The van der Waals surface area contributed by atoms with Crippen molar-refractivity contribution in [2.45, 2.75) is 25.4 Å². The van der Waals surface area contributed by atoms with Gasteiger partial charge in [0.15, 0.2) is 0 Å². The van der Waals surface area contributed by atoms with Crippen LogP contribution < -0.4 is 10.3 Å². The molecule has 164 valence electrons. The number of anilines is 1. The van der Waals surface area contributed by atoms with Crippen LogP contribution in [0.2, 0.25) is 0 Å². The topological polar surface area (TPSA) is 78.9 Å². The van der Waals surface area contributed by atoms with Gasteiger partial charge in [0.2, 0.25) is 5.43 Å². The second-order valence-corrected chi connectivity index (χ2v) is 7.94. The highest BCUT2D eigenvalue weighted by Gasteiger charge is 2.34. The molecule has 3 heterocycles. The number of hydrogen-bond donors (Lipinski definition) is 1. The summed E-state index contributed by atoms with van der Waals surface area (Å²) in [5.41, 5.74) is -0.289. The van der Waals surface area contributed by atoms with E-state index in [-0.39, 0.29) is 29.4 Å². The second kappa shape index (κ2) is 8.36. The van der Waals surface area contributed by atoms with Crippen molar-refractivity contribution in [1.82, 2.24) is 9.47 Å². The van der Waals surface area contributed by atoms with Crippen molar-refractivity contribution in [3.63, 3.8) is 0 Å². The molecule has 31 heavy (non-hydrogen) atoms. The Balaban J connectivity index is 0.00000231. The zero-order chi connectivity index (χ0) is 20.8. The fourth-order valence-electron chi connectivity index (χ4n) is 4.32. The molecule has 5 rings (SSSR count). The van der Waals surface area contributed by atoms with Crippen molar-refractivity contribution in [2.75, 3.05) is 31.1 Å². The number of carboxylic acids is 1. The molecule has 2 aliphatic rings. The monoisotopic (exact) mass is 447 g/mol. The molecule has 1 saturated heterocycles. The predicted octanol–water partition coefficient (Wildman–Crippen LogP) is 3.51. The number of halogens is 2. The number of aromatic carboxylic acids is 1. The number of pyridine rings is 1. The Labute approximate surface area is 184 Å². The van der Waals surface area contributed by atoms with Crippen molar-refractivity contribution in [3.05, 3.63) is 64.0 Å². The second-order valence-electron chi connectivity index (χ2n) is 7.94. The minimum absolute atomic E-state index is 0. The van der Waals surface area contributed by atoms with E-state index in [1.54, 1.807) is 12.3 Å². The Morgan fingerprint density at radius 2 is 1.90 bits per heavy atom. The summed E-state index contributed by atoms with van der Waals surface area (Å²) >= 11 is 0. The first-order valence-corrected chi connectivity index (χ1v) is 10.1. The van der Waals surface area contributed by atoms with E-state index in [0.717, 1.165) is 37.8 Å². The smallest absolute Gasteiger partial charge is 0.343 e. The largest absolute Gasteiger partial charge is 0.477 e. The van der Waals surface area contributed by atoms with Gasteiger partial charge < -0.3 is 19.0 Å². The fourth-order valence-corrected chi connectivity index (χ4v) is 4.32. The molecule has 9 heteroatoms. The number of fused-ring (bicyclic) bond motifs is 1. The first-order chi connectivity index (χ1) is 14.5. The van der Waals surface area contributed by atoms with Gasteiger partial charge in [-0.1, -0.05) is 0 Å². The van der Waals surface area contributed by atoms with Crippen molar-refractivity contribution in [2.24, 2.45) is 0 Å². The Hall–Kier alpha value is -2.84. The number of furan rings is 1. The van der Waals surface area contributed by atoms with Gasteiger partial charge in [-0.2, -0.15) is 0 Å². The van der Waals surface area contributed by atoms with Crippen molar-refractivity contribution in [1.29, 1.82) is 0 Å². The zero-order valence-electron chi connectivity index (χ0n) is 16.8.